The highest BCUT2D eigenvalue weighted by Crippen LogP contribution is 2.27. The average molecular weight is 176 g/mol. The maximum atomic E-state index is 10.7. The van der Waals surface area contributed by atoms with Crippen molar-refractivity contribution in [2.45, 2.75) is 19.8 Å². The van der Waals surface area contributed by atoms with E-state index in [2.05, 4.69) is 0 Å². The van der Waals surface area contributed by atoms with Gasteiger partial charge in [0.1, 0.15) is 12.0 Å². The molecule has 1 aromatic rings. The van der Waals surface area contributed by atoms with Crippen LogP contribution in [0.15, 0.2) is 12.1 Å². The van der Waals surface area contributed by atoms with Crippen LogP contribution >= 0.6 is 0 Å². The van der Waals surface area contributed by atoms with Gasteiger partial charge in [-0.05, 0) is 43.0 Å². The Hall–Kier alpha value is -1.31. The third kappa shape index (κ3) is 1.44. The van der Waals surface area contributed by atoms with Crippen LogP contribution in [-0.4, -0.2) is 12.9 Å². The van der Waals surface area contributed by atoms with Gasteiger partial charge < -0.3 is 4.74 Å². The number of benzene rings is 1. The third-order valence-electron chi connectivity index (χ3n) is 2.42. The van der Waals surface area contributed by atoms with Gasteiger partial charge in [0.2, 0.25) is 0 Å². The van der Waals surface area contributed by atoms with Crippen LogP contribution in [0.1, 0.15) is 27.9 Å². The summed E-state index contributed by atoms with van der Waals surface area (Å²) < 4.78 is 5.49. The molecule has 0 unspecified atom stereocenters. The summed E-state index contributed by atoms with van der Waals surface area (Å²) in [5.74, 6) is 0.953. The monoisotopic (exact) mass is 176 g/mol. The van der Waals surface area contributed by atoms with Crippen molar-refractivity contribution >= 4 is 6.29 Å². The van der Waals surface area contributed by atoms with Gasteiger partial charge in [0, 0.05) is 5.56 Å². The molecule has 0 radical (unpaired) electrons. The van der Waals surface area contributed by atoms with Crippen molar-refractivity contribution in [3.63, 3.8) is 0 Å². The van der Waals surface area contributed by atoms with Gasteiger partial charge in [-0.1, -0.05) is 0 Å². The highest BCUT2D eigenvalue weighted by Gasteiger charge is 2.12. The SMILES string of the molecule is Cc1cc2c(cc1C=O)CCCO2. The van der Waals surface area contributed by atoms with E-state index < -0.39 is 0 Å². The van der Waals surface area contributed by atoms with Crippen LogP contribution in [0.25, 0.3) is 0 Å². The van der Waals surface area contributed by atoms with Crippen molar-refractivity contribution in [3.8, 4) is 5.75 Å². The highest BCUT2D eigenvalue weighted by atomic mass is 16.5. The Bertz CT molecular complexity index is 342. The van der Waals surface area contributed by atoms with E-state index in [9.17, 15) is 4.79 Å². The first-order valence-electron chi connectivity index (χ1n) is 4.53. The van der Waals surface area contributed by atoms with E-state index in [0.29, 0.717) is 0 Å². The molecule has 0 N–H and O–H groups in total. The van der Waals surface area contributed by atoms with Crippen LogP contribution in [0.4, 0.5) is 0 Å². The molecule has 0 amide bonds. The average Bonchev–Trinajstić information content (AvgIpc) is 2.17. The molecule has 1 aliphatic rings. The molecule has 0 aliphatic carbocycles. The van der Waals surface area contributed by atoms with Crippen LogP contribution in [0.5, 0.6) is 5.75 Å². The molecule has 1 aliphatic heterocycles. The van der Waals surface area contributed by atoms with Crippen molar-refractivity contribution in [1.82, 2.24) is 0 Å². The molecule has 0 saturated carbocycles. The molecular weight excluding hydrogens is 164 g/mol. The van der Waals surface area contributed by atoms with Gasteiger partial charge in [0.25, 0.3) is 0 Å². The lowest BCUT2D eigenvalue weighted by atomic mass is 10.0. The fraction of sp³-hybridized carbons (Fsp3) is 0.364. The quantitative estimate of drug-likeness (QED) is 0.613. The number of hydrogen-bond donors (Lipinski definition) is 0. The fourth-order valence-corrected chi connectivity index (χ4v) is 1.65. The van der Waals surface area contributed by atoms with Crippen LogP contribution in [0.2, 0.25) is 0 Å². The van der Waals surface area contributed by atoms with Crippen LogP contribution < -0.4 is 4.74 Å². The molecule has 0 spiro atoms. The Kier molecular flexibility index (Phi) is 2.05. The summed E-state index contributed by atoms with van der Waals surface area (Å²) in [6.45, 7) is 2.73. The molecule has 0 saturated heterocycles. The zero-order valence-electron chi connectivity index (χ0n) is 7.67. The van der Waals surface area contributed by atoms with Gasteiger partial charge in [-0.25, -0.2) is 0 Å². The molecule has 0 fully saturated rings. The number of hydrogen-bond acceptors (Lipinski definition) is 2. The van der Waals surface area contributed by atoms with Crippen LogP contribution in [0.3, 0.4) is 0 Å². The molecule has 2 rings (SSSR count). The lowest BCUT2D eigenvalue weighted by Gasteiger charge is -2.18. The van der Waals surface area contributed by atoms with Crippen LogP contribution in [0, 0.1) is 6.92 Å². The zero-order chi connectivity index (χ0) is 9.26. The number of aryl methyl sites for hydroxylation is 2. The molecule has 1 heterocycles. The maximum absolute atomic E-state index is 10.7. The number of carbonyl (C=O) groups is 1. The Labute approximate surface area is 77.5 Å². The normalized spacial score (nSPS) is 14.5. The summed E-state index contributed by atoms with van der Waals surface area (Å²) in [5, 5.41) is 0. The first kappa shape index (κ1) is 8.30. The Morgan fingerprint density at radius 1 is 1.46 bits per heavy atom. The van der Waals surface area contributed by atoms with Crippen molar-refractivity contribution < 1.29 is 9.53 Å². The minimum atomic E-state index is 0.782. The van der Waals surface area contributed by atoms with E-state index in [1.165, 1.54) is 5.56 Å². The molecule has 0 atom stereocenters. The maximum Gasteiger partial charge on any atom is 0.150 e. The Morgan fingerprint density at radius 2 is 2.31 bits per heavy atom. The zero-order valence-corrected chi connectivity index (χ0v) is 7.67. The van der Waals surface area contributed by atoms with Crippen molar-refractivity contribution in [2.24, 2.45) is 0 Å². The van der Waals surface area contributed by atoms with Gasteiger partial charge in [-0.3, -0.25) is 4.79 Å². The molecule has 68 valence electrons. The van der Waals surface area contributed by atoms with E-state index in [0.717, 1.165) is 42.6 Å². The molecule has 2 heteroatoms. The smallest absolute Gasteiger partial charge is 0.150 e. The highest BCUT2D eigenvalue weighted by molar-refractivity contribution is 5.78. The summed E-state index contributed by atoms with van der Waals surface area (Å²) in [4.78, 5) is 10.7. The number of aldehydes is 1. The first-order valence-corrected chi connectivity index (χ1v) is 4.53. The van der Waals surface area contributed by atoms with E-state index >= 15 is 0 Å². The Morgan fingerprint density at radius 3 is 3.08 bits per heavy atom. The largest absolute Gasteiger partial charge is 0.493 e. The van der Waals surface area contributed by atoms with E-state index in [4.69, 9.17) is 4.74 Å². The number of rotatable bonds is 1. The number of fused-ring (bicyclic) bond motifs is 1. The minimum Gasteiger partial charge on any atom is -0.493 e. The predicted octanol–water partition coefficient (Wildman–Crippen LogP) is 2.13. The Balaban J connectivity index is 2.50. The minimum absolute atomic E-state index is 0.782. The molecule has 0 bridgehead atoms. The van der Waals surface area contributed by atoms with E-state index in [-0.39, 0.29) is 0 Å². The summed E-state index contributed by atoms with van der Waals surface area (Å²) in [6, 6.07) is 3.90. The second kappa shape index (κ2) is 3.21. The third-order valence-corrected chi connectivity index (χ3v) is 2.42. The van der Waals surface area contributed by atoms with Gasteiger partial charge in [0.15, 0.2) is 0 Å². The predicted molar refractivity (Wildman–Crippen MR) is 50.4 cm³/mol. The summed E-state index contributed by atoms with van der Waals surface area (Å²) in [5.41, 5.74) is 2.94. The van der Waals surface area contributed by atoms with E-state index in [1.54, 1.807) is 0 Å². The fourth-order valence-electron chi connectivity index (χ4n) is 1.65. The molecule has 13 heavy (non-hydrogen) atoms. The van der Waals surface area contributed by atoms with Gasteiger partial charge in [0.05, 0.1) is 6.61 Å². The molecule has 0 aromatic heterocycles. The number of carbonyl (C=O) groups excluding carboxylic acids is 1. The molecule has 1 aromatic carbocycles. The van der Waals surface area contributed by atoms with Crippen molar-refractivity contribution in [2.75, 3.05) is 6.61 Å². The van der Waals surface area contributed by atoms with E-state index in [1.807, 2.05) is 19.1 Å². The van der Waals surface area contributed by atoms with Gasteiger partial charge in [-0.2, -0.15) is 0 Å². The van der Waals surface area contributed by atoms with Gasteiger partial charge >= 0.3 is 0 Å². The van der Waals surface area contributed by atoms with Crippen molar-refractivity contribution in [1.29, 1.82) is 0 Å². The first-order chi connectivity index (χ1) is 6.31. The van der Waals surface area contributed by atoms with Crippen LogP contribution in [-0.2, 0) is 6.42 Å². The second-order valence-corrected chi connectivity index (χ2v) is 3.39. The summed E-state index contributed by atoms with van der Waals surface area (Å²) >= 11 is 0. The topological polar surface area (TPSA) is 26.3 Å². The van der Waals surface area contributed by atoms with Gasteiger partial charge in [-0.15, -0.1) is 0 Å². The summed E-state index contributed by atoms with van der Waals surface area (Å²) in [6.07, 6.45) is 2.98. The summed E-state index contributed by atoms with van der Waals surface area (Å²) in [7, 11) is 0. The lowest BCUT2D eigenvalue weighted by molar-refractivity contribution is 0.112. The lowest BCUT2D eigenvalue weighted by Crippen LogP contribution is -2.09. The molecular formula is C11H12O2. The number of ether oxygens (including phenoxy) is 1. The van der Waals surface area contributed by atoms with Crippen molar-refractivity contribution in [3.05, 3.63) is 28.8 Å². The second-order valence-electron chi connectivity index (χ2n) is 3.39. The molecule has 2 nitrogen and oxygen atoms in total. The standard InChI is InChI=1S/C11H12O2/c1-8-5-11-9(3-2-4-13-11)6-10(8)7-12/h5-7H,2-4H2,1H3.